The molecular weight excluding hydrogens is 218 g/mol. The second kappa shape index (κ2) is 6.48. The van der Waals surface area contributed by atoms with Crippen molar-refractivity contribution >= 4 is 17.2 Å². The maximum absolute atomic E-state index is 11.8. The molecule has 0 atom stereocenters. The number of rotatable bonds is 5. The summed E-state index contributed by atoms with van der Waals surface area (Å²) in [6.07, 6.45) is 5.95. The maximum atomic E-state index is 11.8. The largest absolute Gasteiger partial charge is 0.351 e. The topological polar surface area (TPSA) is 29.1 Å². The number of hydrogen-bond acceptors (Lipinski definition) is 2. The summed E-state index contributed by atoms with van der Waals surface area (Å²) < 4.78 is 0. The molecule has 1 amide bonds. The van der Waals surface area contributed by atoms with E-state index in [4.69, 9.17) is 0 Å². The average Bonchev–Trinajstić information content (AvgIpc) is 2.66. The molecule has 0 spiro atoms. The van der Waals surface area contributed by atoms with Crippen molar-refractivity contribution in [2.24, 2.45) is 0 Å². The zero-order valence-corrected chi connectivity index (χ0v) is 11.0. The van der Waals surface area contributed by atoms with Gasteiger partial charge in [0.15, 0.2) is 0 Å². The summed E-state index contributed by atoms with van der Waals surface area (Å²) in [5.74, 6) is 0.0531. The Kier molecular flexibility index (Phi) is 5.26. The van der Waals surface area contributed by atoms with E-state index in [-0.39, 0.29) is 5.91 Å². The minimum Gasteiger partial charge on any atom is -0.351 e. The molecule has 0 radical (unpaired) electrons. The van der Waals surface area contributed by atoms with Gasteiger partial charge in [-0.05, 0) is 38.3 Å². The summed E-state index contributed by atoms with van der Waals surface area (Å²) in [7, 11) is 0. The second-order valence-corrected chi connectivity index (χ2v) is 4.82. The fourth-order valence-corrected chi connectivity index (χ4v) is 2.54. The van der Waals surface area contributed by atoms with Gasteiger partial charge in [-0.2, -0.15) is 0 Å². The van der Waals surface area contributed by atoms with Gasteiger partial charge < -0.3 is 5.32 Å². The number of thiophene rings is 1. The molecule has 1 rings (SSSR count). The predicted molar refractivity (Wildman–Crippen MR) is 70.2 cm³/mol. The van der Waals surface area contributed by atoms with Crippen molar-refractivity contribution < 1.29 is 4.79 Å². The molecule has 0 fully saturated rings. The molecule has 1 N–H and O–H groups in total. The molecule has 0 aromatic carbocycles. The number of amides is 1. The SMILES string of the molecule is C/C=C/CCNC(=O)c1cc(C)c(CC)s1. The highest BCUT2D eigenvalue weighted by molar-refractivity contribution is 7.14. The van der Waals surface area contributed by atoms with Crippen LogP contribution in [0.15, 0.2) is 18.2 Å². The first kappa shape index (κ1) is 13.0. The minimum atomic E-state index is 0.0531. The molecule has 2 nitrogen and oxygen atoms in total. The normalized spacial score (nSPS) is 10.9. The lowest BCUT2D eigenvalue weighted by Gasteiger charge is -1.99. The molecule has 1 aromatic heterocycles. The quantitative estimate of drug-likeness (QED) is 0.618. The van der Waals surface area contributed by atoms with Crippen LogP contribution < -0.4 is 5.32 Å². The van der Waals surface area contributed by atoms with Crippen LogP contribution in [0.2, 0.25) is 0 Å². The van der Waals surface area contributed by atoms with Crippen molar-refractivity contribution in [3.8, 4) is 0 Å². The second-order valence-electron chi connectivity index (χ2n) is 3.68. The molecule has 0 unspecified atom stereocenters. The first-order valence-corrected chi connectivity index (χ1v) is 6.49. The zero-order chi connectivity index (χ0) is 12.0. The molecule has 0 saturated heterocycles. The molecule has 0 bridgehead atoms. The van der Waals surface area contributed by atoms with Gasteiger partial charge in [0.05, 0.1) is 4.88 Å². The van der Waals surface area contributed by atoms with E-state index in [1.165, 1.54) is 10.4 Å². The number of aryl methyl sites for hydroxylation is 2. The molecule has 0 saturated carbocycles. The van der Waals surface area contributed by atoms with E-state index in [9.17, 15) is 4.79 Å². The van der Waals surface area contributed by atoms with Crippen LogP contribution in [0.25, 0.3) is 0 Å². The van der Waals surface area contributed by atoms with Crippen LogP contribution in [0.3, 0.4) is 0 Å². The Morgan fingerprint density at radius 3 is 2.88 bits per heavy atom. The van der Waals surface area contributed by atoms with Crippen molar-refractivity contribution in [2.75, 3.05) is 6.54 Å². The minimum absolute atomic E-state index is 0.0531. The molecule has 0 aliphatic rings. The number of hydrogen-bond donors (Lipinski definition) is 1. The average molecular weight is 237 g/mol. The Balaban J connectivity index is 2.52. The van der Waals surface area contributed by atoms with E-state index in [0.717, 1.165) is 17.7 Å². The van der Waals surface area contributed by atoms with Crippen LogP contribution in [-0.4, -0.2) is 12.5 Å². The standard InChI is InChI=1S/C13H19NOS/c1-4-6-7-8-14-13(15)12-9-10(3)11(5-2)16-12/h4,6,9H,5,7-8H2,1-3H3,(H,14,15)/b6-4+. The summed E-state index contributed by atoms with van der Waals surface area (Å²) in [5, 5.41) is 2.92. The molecule has 0 aliphatic carbocycles. The third kappa shape index (κ3) is 3.49. The lowest BCUT2D eigenvalue weighted by atomic mass is 10.2. The zero-order valence-electron chi connectivity index (χ0n) is 10.2. The van der Waals surface area contributed by atoms with E-state index >= 15 is 0 Å². The third-order valence-electron chi connectivity index (χ3n) is 2.40. The number of allylic oxidation sites excluding steroid dienone is 1. The number of carbonyl (C=O) groups is 1. The van der Waals surface area contributed by atoms with Crippen LogP contribution >= 0.6 is 11.3 Å². The van der Waals surface area contributed by atoms with Gasteiger partial charge in [-0.25, -0.2) is 0 Å². The van der Waals surface area contributed by atoms with Gasteiger partial charge in [0.2, 0.25) is 0 Å². The maximum Gasteiger partial charge on any atom is 0.261 e. The molecule has 1 heterocycles. The van der Waals surface area contributed by atoms with Crippen LogP contribution in [0.4, 0.5) is 0 Å². The van der Waals surface area contributed by atoms with Crippen molar-refractivity contribution in [1.29, 1.82) is 0 Å². The van der Waals surface area contributed by atoms with Gasteiger partial charge in [0.25, 0.3) is 5.91 Å². The summed E-state index contributed by atoms with van der Waals surface area (Å²) >= 11 is 1.60. The van der Waals surface area contributed by atoms with Gasteiger partial charge in [-0.15, -0.1) is 11.3 Å². The first-order valence-electron chi connectivity index (χ1n) is 5.67. The Morgan fingerprint density at radius 2 is 2.31 bits per heavy atom. The van der Waals surface area contributed by atoms with Crippen LogP contribution in [-0.2, 0) is 6.42 Å². The highest BCUT2D eigenvalue weighted by Crippen LogP contribution is 2.22. The van der Waals surface area contributed by atoms with E-state index in [1.807, 2.05) is 19.1 Å². The predicted octanol–water partition coefficient (Wildman–Crippen LogP) is 3.31. The Labute approximate surface area is 101 Å². The Bertz CT molecular complexity index is 379. The Hall–Kier alpha value is -1.09. The summed E-state index contributed by atoms with van der Waals surface area (Å²) in [5.41, 5.74) is 1.23. The van der Waals surface area contributed by atoms with Crippen LogP contribution in [0.1, 0.15) is 40.4 Å². The lowest BCUT2D eigenvalue weighted by Crippen LogP contribution is -2.23. The van der Waals surface area contributed by atoms with Gasteiger partial charge in [0.1, 0.15) is 0 Å². The number of nitrogens with one attached hydrogen (secondary N) is 1. The molecule has 16 heavy (non-hydrogen) atoms. The summed E-state index contributed by atoms with van der Waals surface area (Å²) in [4.78, 5) is 13.9. The van der Waals surface area contributed by atoms with E-state index in [0.29, 0.717) is 6.54 Å². The smallest absolute Gasteiger partial charge is 0.261 e. The van der Waals surface area contributed by atoms with Crippen molar-refractivity contribution in [3.63, 3.8) is 0 Å². The molecule has 0 aliphatic heterocycles. The summed E-state index contributed by atoms with van der Waals surface area (Å²) in [6.45, 7) is 6.87. The van der Waals surface area contributed by atoms with Gasteiger partial charge in [0, 0.05) is 11.4 Å². The highest BCUT2D eigenvalue weighted by atomic mass is 32.1. The molecule has 88 valence electrons. The lowest BCUT2D eigenvalue weighted by molar-refractivity contribution is 0.0958. The first-order chi connectivity index (χ1) is 7.69. The fourth-order valence-electron chi connectivity index (χ4n) is 1.51. The fraction of sp³-hybridized carbons (Fsp3) is 0.462. The third-order valence-corrected chi connectivity index (χ3v) is 3.78. The van der Waals surface area contributed by atoms with Crippen molar-refractivity contribution in [3.05, 3.63) is 33.5 Å². The van der Waals surface area contributed by atoms with Crippen molar-refractivity contribution in [2.45, 2.75) is 33.6 Å². The van der Waals surface area contributed by atoms with E-state index < -0.39 is 0 Å². The van der Waals surface area contributed by atoms with Crippen LogP contribution in [0.5, 0.6) is 0 Å². The molecular formula is C13H19NOS. The van der Waals surface area contributed by atoms with Crippen molar-refractivity contribution in [1.82, 2.24) is 5.32 Å². The molecule has 1 aromatic rings. The molecule has 3 heteroatoms. The van der Waals surface area contributed by atoms with Gasteiger partial charge >= 0.3 is 0 Å². The van der Waals surface area contributed by atoms with Crippen LogP contribution in [0, 0.1) is 6.92 Å². The summed E-state index contributed by atoms with van der Waals surface area (Å²) in [6, 6.07) is 1.98. The van der Waals surface area contributed by atoms with Gasteiger partial charge in [-0.1, -0.05) is 19.1 Å². The monoisotopic (exact) mass is 237 g/mol. The van der Waals surface area contributed by atoms with E-state index in [1.54, 1.807) is 11.3 Å². The Morgan fingerprint density at radius 1 is 1.56 bits per heavy atom. The number of carbonyl (C=O) groups excluding carboxylic acids is 1. The van der Waals surface area contributed by atoms with Gasteiger partial charge in [-0.3, -0.25) is 4.79 Å². The highest BCUT2D eigenvalue weighted by Gasteiger charge is 2.10. The van der Waals surface area contributed by atoms with E-state index in [2.05, 4.69) is 25.2 Å².